The van der Waals surface area contributed by atoms with Gasteiger partial charge in [-0.3, -0.25) is 10.2 Å². The molecule has 90 valence electrons. The average Bonchev–Trinajstić information content (AvgIpc) is 2.14. The Hall–Kier alpha value is -0.220. The second-order valence-electron chi connectivity index (χ2n) is 5.18. The largest absolute Gasteiger partial charge is 0.315 e. The maximum Gasteiger partial charge on any atom is 0.315 e. The van der Waals surface area contributed by atoms with Gasteiger partial charge >= 0.3 is 6.05 Å². The fourth-order valence-electron chi connectivity index (χ4n) is 1.64. The summed E-state index contributed by atoms with van der Waals surface area (Å²) in [6, 6.07) is -2.70. The number of hydrogen-bond acceptors (Lipinski definition) is 2. The summed E-state index contributed by atoms with van der Waals surface area (Å²) < 4.78 is 26.0. The molecule has 0 saturated carbocycles. The Morgan fingerprint density at radius 1 is 1.40 bits per heavy atom. The van der Waals surface area contributed by atoms with Gasteiger partial charge in [-0.1, -0.05) is 27.2 Å². The molecule has 4 heteroatoms. The molecule has 0 unspecified atom stereocenters. The molecular formula is C11H22F2N2. The van der Waals surface area contributed by atoms with Crippen LogP contribution >= 0.6 is 0 Å². The van der Waals surface area contributed by atoms with Crippen molar-refractivity contribution in [2.45, 2.75) is 39.7 Å². The number of alkyl halides is 2. The van der Waals surface area contributed by atoms with E-state index >= 15 is 0 Å². The fraction of sp³-hybridized carbons (Fsp3) is 1.00. The molecule has 0 bridgehead atoms. The van der Waals surface area contributed by atoms with Crippen LogP contribution in [0.5, 0.6) is 0 Å². The van der Waals surface area contributed by atoms with Gasteiger partial charge in [0.1, 0.15) is 0 Å². The van der Waals surface area contributed by atoms with Crippen LogP contribution in [-0.2, 0) is 0 Å². The van der Waals surface area contributed by atoms with Crippen LogP contribution in [0.15, 0.2) is 0 Å². The summed E-state index contributed by atoms with van der Waals surface area (Å²) in [5.74, 6) is 0. The van der Waals surface area contributed by atoms with Crippen molar-refractivity contribution in [1.82, 2.24) is 10.2 Å². The van der Waals surface area contributed by atoms with Crippen molar-refractivity contribution in [2.24, 2.45) is 5.41 Å². The van der Waals surface area contributed by atoms with E-state index in [1.807, 2.05) is 4.90 Å². The van der Waals surface area contributed by atoms with E-state index in [-0.39, 0.29) is 12.0 Å². The minimum Gasteiger partial charge on any atom is -0.295 e. The molecule has 0 amide bonds. The summed E-state index contributed by atoms with van der Waals surface area (Å²) in [5, 5.41) is 2.22. The Morgan fingerprint density at radius 3 is 2.60 bits per heavy atom. The van der Waals surface area contributed by atoms with E-state index in [0.717, 1.165) is 25.9 Å². The maximum absolute atomic E-state index is 13.0. The van der Waals surface area contributed by atoms with Gasteiger partial charge in [-0.15, -0.1) is 0 Å². The van der Waals surface area contributed by atoms with Crippen molar-refractivity contribution in [3.8, 4) is 0 Å². The third kappa shape index (κ3) is 4.43. The molecular weight excluding hydrogens is 198 g/mol. The van der Waals surface area contributed by atoms with E-state index in [2.05, 4.69) is 26.1 Å². The van der Waals surface area contributed by atoms with Crippen LogP contribution in [0.25, 0.3) is 0 Å². The number of piperazine rings is 1. The standard InChI is InChI=1S/C11H22F2N2/c1-4-10(2,3)5-7-15-8-6-14-11(12,13)9-15/h14H,4-9H2,1-3H3. The Bertz CT molecular complexity index is 205. The quantitative estimate of drug-likeness (QED) is 0.731. The lowest BCUT2D eigenvalue weighted by Gasteiger charge is -2.35. The van der Waals surface area contributed by atoms with E-state index < -0.39 is 6.05 Å². The highest BCUT2D eigenvalue weighted by molar-refractivity contribution is 4.79. The zero-order valence-corrected chi connectivity index (χ0v) is 9.95. The van der Waals surface area contributed by atoms with E-state index in [9.17, 15) is 8.78 Å². The Labute approximate surface area is 91.0 Å². The van der Waals surface area contributed by atoms with Crippen LogP contribution in [0, 0.1) is 5.41 Å². The highest BCUT2D eigenvalue weighted by Crippen LogP contribution is 2.25. The van der Waals surface area contributed by atoms with Crippen LogP contribution in [0.4, 0.5) is 8.78 Å². The van der Waals surface area contributed by atoms with Gasteiger partial charge in [-0.05, 0) is 18.4 Å². The highest BCUT2D eigenvalue weighted by atomic mass is 19.3. The van der Waals surface area contributed by atoms with Gasteiger partial charge in [0, 0.05) is 13.1 Å². The van der Waals surface area contributed by atoms with Gasteiger partial charge in [0.25, 0.3) is 0 Å². The second kappa shape index (κ2) is 4.74. The Balaban J connectivity index is 2.33. The number of hydrogen-bond donors (Lipinski definition) is 1. The molecule has 0 aromatic carbocycles. The van der Waals surface area contributed by atoms with Crippen LogP contribution < -0.4 is 5.32 Å². The molecule has 0 aromatic rings. The summed E-state index contributed by atoms with van der Waals surface area (Å²) in [5.41, 5.74) is 0.264. The third-order valence-electron chi connectivity index (χ3n) is 3.30. The predicted octanol–water partition coefficient (Wildman–Crippen LogP) is 2.31. The molecule has 0 radical (unpaired) electrons. The van der Waals surface area contributed by atoms with Gasteiger partial charge < -0.3 is 0 Å². The van der Waals surface area contributed by atoms with Gasteiger partial charge in [0.15, 0.2) is 0 Å². The van der Waals surface area contributed by atoms with Crippen LogP contribution in [0.2, 0.25) is 0 Å². The summed E-state index contributed by atoms with van der Waals surface area (Å²) >= 11 is 0. The molecule has 0 aromatic heterocycles. The number of halogens is 2. The summed E-state index contributed by atoms with van der Waals surface area (Å²) in [6.07, 6.45) is 2.08. The number of nitrogens with zero attached hydrogens (tertiary/aromatic N) is 1. The molecule has 1 rings (SSSR count). The lowest BCUT2D eigenvalue weighted by molar-refractivity contribution is -0.0852. The zero-order valence-electron chi connectivity index (χ0n) is 9.95. The summed E-state index contributed by atoms with van der Waals surface area (Å²) in [7, 11) is 0. The first-order valence-corrected chi connectivity index (χ1v) is 5.70. The molecule has 1 saturated heterocycles. The minimum absolute atomic E-state index is 0.146. The third-order valence-corrected chi connectivity index (χ3v) is 3.30. The monoisotopic (exact) mass is 220 g/mol. The molecule has 1 fully saturated rings. The van der Waals surface area contributed by atoms with Crippen molar-refractivity contribution in [3.63, 3.8) is 0 Å². The minimum atomic E-state index is -2.70. The van der Waals surface area contributed by atoms with Crippen LogP contribution in [-0.4, -0.2) is 37.1 Å². The normalized spacial score (nSPS) is 23.0. The molecule has 1 heterocycles. The Morgan fingerprint density at radius 2 is 2.07 bits per heavy atom. The molecule has 1 aliphatic rings. The molecule has 0 aliphatic carbocycles. The first-order chi connectivity index (χ1) is 6.85. The van der Waals surface area contributed by atoms with Crippen LogP contribution in [0.1, 0.15) is 33.6 Å². The van der Waals surface area contributed by atoms with E-state index in [4.69, 9.17) is 0 Å². The van der Waals surface area contributed by atoms with E-state index in [1.54, 1.807) is 0 Å². The molecule has 15 heavy (non-hydrogen) atoms. The first kappa shape index (κ1) is 12.8. The van der Waals surface area contributed by atoms with E-state index in [1.165, 1.54) is 0 Å². The average molecular weight is 220 g/mol. The smallest absolute Gasteiger partial charge is 0.295 e. The van der Waals surface area contributed by atoms with Crippen molar-refractivity contribution < 1.29 is 8.78 Å². The predicted molar refractivity (Wildman–Crippen MR) is 58.1 cm³/mol. The molecule has 0 atom stereocenters. The van der Waals surface area contributed by atoms with Crippen molar-refractivity contribution in [2.75, 3.05) is 26.2 Å². The molecule has 1 N–H and O–H groups in total. The van der Waals surface area contributed by atoms with Gasteiger partial charge in [0.05, 0.1) is 6.54 Å². The molecule has 1 aliphatic heterocycles. The van der Waals surface area contributed by atoms with Gasteiger partial charge in [-0.25, -0.2) is 0 Å². The summed E-state index contributed by atoms with van der Waals surface area (Å²) in [4.78, 5) is 1.86. The van der Waals surface area contributed by atoms with E-state index in [0.29, 0.717) is 6.54 Å². The number of nitrogens with one attached hydrogen (secondary N) is 1. The maximum atomic E-state index is 13.0. The fourth-order valence-corrected chi connectivity index (χ4v) is 1.64. The number of rotatable bonds is 4. The van der Waals surface area contributed by atoms with Crippen molar-refractivity contribution in [3.05, 3.63) is 0 Å². The zero-order chi connectivity index (χ0) is 11.5. The molecule has 0 spiro atoms. The second-order valence-corrected chi connectivity index (χ2v) is 5.18. The van der Waals surface area contributed by atoms with Gasteiger partial charge in [-0.2, -0.15) is 8.78 Å². The topological polar surface area (TPSA) is 15.3 Å². The lowest BCUT2D eigenvalue weighted by Crippen LogP contribution is -2.55. The van der Waals surface area contributed by atoms with Crippen LogP contribution in [0.3, 0.4) is 0 Å². The first-order valence-electron chi connectivity index (χ1n) is 5.70. The van der Waals surface area contributed by atoms with Gasteiger partial charge in [0.2, 0.25) is 0 Å². The SMILES string of the molecule is CCC(C)(C)CCN1CCNC(F)(F)C1. The highest BCUT2D eigenvalue weighted by Gasteiger charge is 2.34. The summed E-state index contributed by atoms with van der Waals surface area (Å²) in [6.45, 7) is 8.27. The Kier molecular flexibility index (Phi) is 4.06. The van der Waals surface area contributed by atoms with Crippen molar-refractivity contribution in [1.29, 1.82) is 0 Å². The van der Waals surface area contributed by atoms with Crippen molar-refractivity contribution >= 4 is 0 Å². The lowest BCUT2D eigenvalue weighted by atomic mass is 9.86. The molecule has 2 nitrogen and oxygen atoms in total.